The van der Waals surface area contributed by atoms with Gasteiger partial charge >= 0.3 is 0 Å². The Morgan fingerprint density at radius 3 is 2.41 bits per heavy atom. The molecule has 0 aliphatic carbocycles. The molecule has 1 atom stereocenters. The molecular weight excluding hydrogens is 292 g/mol. The second-order valence-electron chi connectivity index (χ2n) is 4.36. The summed E-state index contributed by atoms with van der Waals surface area (Å²) < 4.78 is 0. The molecule has 0 nitrogen and oxygen atoms in total. The second kappa shape index (κ2) is 5.83. The van der Waals surface area contributed by atoms with Crippen molar-refractivity contribution in [1.29, 1.82) is 0 Å². The van der Waals surface area contributed by atoms with Gasteiger partial charge in [-0.3, -0.25) is 0 Å². The third-order valence-electron chi connectivity index (χ3n) is 2.98. The summed E-state index contributed by atoms with van der Waals surface area (Å²) in [5.41, 5.74) is 5.53. The van der Waals surface area contributed by atoms with Crippen LogP contribution in [0.15, 0.2) is 35.0 Å². The Morgan fingerprint density at radius 1 is 1.18 bits per heavy atom. The third-order valence-corrected chi connectivity index (χ3v) is 4.88. The predicted molar refractivity (Wildman–Crippen MR) is 80.3 cm³/mol. The van der Waals surface area contributed by atoms with E-state index in [0.29, 0.717) is 4.83 Å². The van der Waals surface area contributed by atoms with Crippen LogP contribution in [-0.4, -0.2) is 0 Å². The lowest BCUT2D eigenvalue weighted by molar-refractivity contribution is 0.920. The summed E-state index contributed by atoms with van der Waals surface area (Å²) in [5, 5.41) is 4.43. The molecule has 0 radical (unpaired) electrons. The average Bonchev–Trinajstić information content (AvgIpc) is 2.76. The van der Waals surface area contributed by atoms with Crippen LogP contribution in [0.5, 0.6) is 0 Å². The molecule has 0 bridgehead atoms. The number of aryl methyl sites for hydroxylation is 2. The van der Waals surface area contributed by atoms with Crippen molar-refractivity contribution < 1.29 is 0 Å². The van der Waals surface area contributed by atoms with E-state index in [0.717, 1.165) is 0 Å². The van der Waals surface area contributed by atoms with Crippen molar-refractivity contribution in [3.63, 3.8) is 0 Å². The molecule has 0 aliphatic heterocycles. The highest BCUT2D eigenvalue weighted by Gasteiger charge is 2.13. The van der Waals surface area contributed by atoms with Crippen LogP contribution in [0, 0.1) is 6.92 Å². The highest BCUT2D eigenvalue weighted by molar-refractivity contribution is 9.09. The van der Waals surface area contributed by atoms with Gasteiger partial charge in [-0.05, 0) is 46.4 Å². The fraction of sp³-hybridized carbons (Fsp3) is 0.333. The normalized spacial score (nSPS) is 12.6. The summed E-state index contributed by atoms with van der Waals surface area (Å²) in [7, 11) is 0. The first-order valence-electron chi connectivity index (χ1n) is 5.98. The van der Waals surface area contributed by atoms with E-state index in [1.54, 1.807) is 11.3 Å². The molecule has 1 unspecified atom stereocenters. The molecule has 2 rings (SSSR count). The average molecular weight is 309 g/mol. The van der Waals surface area contributed by atoms with E-state index < -0.39 is 0 Å². The maximum Gasteiger partial charge on any atom is 0.0655 e. The highest BCUT2D eigenvalue weighted by Crippen LogP contribution is 2.34. The summed E-state index contributed by atoms with van der Waals surface area (Å²) in [5.74, 6) is 0. The third kappa shape index (κ3) is 2.99. The van der Waals surface area contributed by atoms with Gasteiger partial charge in [-0.15, -0.1) is 0 Å². The molecule has 90 valence electrons. The monoisotopic (exact) mass is 308 g/mol. The van der Waals surface area contributed by atoms with E-state index in [2.05, 4.69) is 64.8 Å². The topological polar surface area (TPSA) is 0 Å². The fourth-order valence-corrected chi connectivity index (χ4v) is 3.80. The van der Waals surface area contributed by atoms with E-state index >= 15 is 0 Å². The zero-order valence-corrected chi connectivity index (χ0v) is 12.6. The number of alkyl halides is 1. The summed E-state index contributed by atoms with van der Waals surface area (Å²) in [4.78, 5) is 0.324. The lowest BCUT2D eigenvalue weighted by atomic mass is 10.0. The lowest BCUT2D eigenvalue weighted by Gasteiger charge is -2.11. The first-order valence-corrected chi connectivity index (χ1v) is 7.83. The van der Waals surface area contributed by atoms with Crippen LogP contribution in [0.2, 0.25) is 0 Å². The van der Waals surface area contributed by atoms with Crippen molar-refractivity contribution in [2.24, 2.45) is 0 Å². The minimum absolute atomic E-state index is 0.324. The van der Waals surface area contributed by atoms with Crippen LogP contribution < -0.4 is 0 Å². The van der Waals surface area contributed by atoms with Gasteiger partial charge in [0.1, 0.15) is 0 Å². The molecule has 0 fully saturated rings. The number of benzene rings is 1. The molecule has 1 heterocycles. The van der Waals surface area contributed by atoms with E-state index in [-0.39, 0.29) is 0 Å². The van der Waals surface area contributed by atoms with Crippen molar-refractivity contribution in [1.82, 2.24) is 0 Å². The maximum atomic E-state index is 3.79. The minimum atomic E-state index is 0.324. The quantitative estimate of drug-likeness (QED) is 0.655. The lowest BCUT2D eigenvalue weighted by Crippen LogP contribution is -1.93. The Hall–Kier alpha value is -0.600. The SMILES string of the molecule is CCCc1ccc(C(Br)c2cscc2C)cc1. The predicted octanol–water partition coefficient (Wildman–Crippen LogP) is 5.49. The van der Waals surface area contributed by atoms with Gasteiger partial charge in [0.2, 0.25) is 0 Å². The Balaban J connectivity index is 2.20. The van der Waals surface area contributed by atoms with Crippen LogP contribution in [0.3, 0.4) is 0 Å². The zero-order valence-electron chi connectivity index (χ0n) is 10.2. The molecule has 1 aromatic heterocycles. The van der Waals surface area contributed by atoms with Gasteiger partial charge < -0.3 is 0 Å². The van der Waals surface area contributed by atoms with Crippen LogP contribution in [0.1, 0.15) is 40.4 Å². The largest absolute Gasteiger partial charge is 0.152 e. The Bertz CT molecular complexity index is 470. The molecule has 0 saturated heterocycles. The molecule has 0 N–H and O–H groups in total. The van der Waals surface area contributed by atoms with Crippen molar-refractivity contribution in [3.8, 4) is 0 Å². The van der Waals surface area contributed by atoms with Gasteiger partial charge in [0.15, 0.2) is 0 Å². The number of rotatable bonds is 4. The molecule has 0 spiro atoms. The van der Waals surface area contributed by atoms with E-state index in [1.165, 1.54) is 35.1 Å². The molecule has 0 saturated carbocycles. The van der Waals surface area contributed by atoms with Crippen molar-refractivity contribution in [2.75, 3.05) is 0 Å². The van der Waals surface area contributed by atoms with Crippen molar-refractivity contribution in [3.05, 3.63) is 57.3 Å². The van der Waals surface area contributed by atoms with Gasteiger partial charge in [-0.1, -0.05) is 53.5 Å². The summed E-state index contributed by atoms with van der Waals surface area (Å²) in [6, 6.07) is 8.96. The summed E-state index contributed by atoms with van der Waals surface area (Å²) >= 11 is 5.56. The van der Waals surface area contributed by atoms with Gasteiger partial charge in [0, 0.05) is 0 Å². The maximum absolute atomic E-state index is 3.79. The van der Waals surface area contributed by atoms with E-state index in [9.17, 15) is 0 Å². The zero-order chi connectivity index (χ0) is 12.3. The Kier molecular flexibility index (Phi) is 4.41. The molecule has 1 aromatic carbocycles. The first kappa shape index (κ1) is 12.8. The van der Waals surface area contributed by atoms with E-state index in [4.69, 9.17) is 0 Å². The van der Waals surface area contributed by atoms with Gasteiger partial charge in [-0.2, -0.15) is 11.3 Å². The number of thiophene rings is 1. The number of hydrogen-bond acceptors (Lipinski definition) is 1. The van der Waals surface area contributed by atoms with Crippen molar-refractivity contribution in [2.45, 2.75) is 31.5 Å². The number of hydrogen-bond donors (Lipinski definition) is 0. The Morgan fingerprint density at radius 2 is 1.88 bits per heavy atom. The van der Waals surface area contributed by atoms with Crippen LogP contribution in [-0.2, 0) is 6.42 Å². The van der Waals surface area contributed by atoms with Gasteiger partial charge in [0.05, 0.1) is 4.83 Å². The van der Waals surface area contributed by atoms with Crippen LogP contribution >= 0.6 is 27.3 Å². The molecule has 2 aromatic rings. The molecule has 17 heavy (non-hydrogen) atoms. The second-order valence-corrected chi connectivity index (χ2v) is 6.02. The minimum Gasteiger partial charge on any atom is -0.152 e. The van der Waals surface area contributed by atoms with E-state index in [1.807, 2.05) is 0 Å². The van der Waals surface area contributed by atoms with Crippen molar-refractivity contribution >= 4 is 27.3 Å². The van der Waals surface area contributed by atoms with Gasteiger partial charge in [-0.25, -0.2) is 0 Å². The van der Waals surface area contributed by atoms with Crippen LogP contribution in [0.25, 0.3) is 0 Å². The standard InChI is InChI=1S/C15H17BrS/c1-3-4-12-5-7-13(8-6-12)15(16)14-10-17-9-11(14)2/h5-10,15H,3-4H2,1-2H3. The smallest absolute Gasteiger partial charge is 0.0655 e. The molecule has 0 aliphatic rings. The fourth-order valence-electron chi connectivity index (χ4n) is 1.95. The Labute approximate surface area is 116 Å². The van der Waals surface area contributed by atoms with Gasteiger partial charge in [0.25, 0.3) is 0 Å². The van der Waals surface area contributed by atoms with Crippen LogP contribution in [0.4, 0.5) is 0 Å². The molecular formula is C15H17BrS. The highest BCUT2D eigenvalue weighted by atomic mass is 79.9. The summed E-state index contributed by atoms with van der Waals surface area (Å²) in [6.07, 6.45) is 2.38. The molecule has 2 heteroatoms. The summed E-state index contributed by atoms with van der Waals surface area (Å²) in [6.45, 7) is 4.39. The molecule has 0 amide bonds. The first-order chi connectivity index (χ1) is 8.22. The number of halogens is 1.